The molecule has 154 valence electrons. The van der Waals surface area contributed by atoms with E-state index in [9.17, 15) is 4.79 Å². The topological polar surface area (TPSA) is 66.0 Å². The van der Waals surface area contributed by atoms with Crippen molar-refractivity contribution < 1.29 is 9.53 Å². The van der Waals surface area contributed by atoms with Crippen LogP contribution < -0.4 is 15.4 Å². The summed E-state index contributed by atoms with van der Waals surface area (Å²) in [6.45, 7) is 6.99. The van der Waals surface area contributed by atoms with Gasteiger partial charge in [-0.25, -0.2) is 0 Å². The van der Waals surface area contributed by atoms with Crippen LogP contribution in [0, 0.1) is 19.8 Å². The summed E-state index contributed by atoms with van der Waals surface area (Å²) in [5.41, 5.74) is 2.31. The average molecular weight is 387 g/mol. The third-order valence-electron chi connectivity index (χ3n) is 5.82. The minimum atomic E-state index is 0.260. The number of nitrogens with one attached hydrogen (secondary N) is 2. The van der Waals surface area contributed by atoms with E-state index in [1.165, 1.54) is 12.8 Å². The zero-order valence-corrected chi connectivity index (χ0v) is 17.5. The molecular weight excluding hydrogens is 352 g/mol. The van der Waals surface area contributed by atoms with Gasteiger partial charge in [0.2, 0.25) is 5.91 Å². The van der Waals surface area contributed by atoms with Gasteiger partial charge in [0.1, 0.15) is 12.4 Å². The molecule has 1 aromatic rings. The number of carbonyl (C=O) groups is 1. The Balaban J connectivity index is 1.39. The van der Waals surface area contributed by atoms with Crippen LogP contribution in [-0.4, -0.2) is 56.1 Å². The zero-order chi connectivity index (χ0) is 19.9. The Morgan fingerprint density at radius 3 is 2.61 bits per heavy atom. The number of ether oxygens (including phenoxy) is 1. The molecule has 0 aromatic heterocycles. The van der Waals surface area contributed by atoms with Crippen LogP contribution in [0.25, 0.3) is 0 Å². The van der Waals surface area contributed by atoms with Gasteiger partial charge >= 0.3 is 0 Å². The SMILES string of the molecule is CN=C(NCCOc1c(C)cccc1C)NC1CCN(C(=O)C2CCCC2)C1. The lowest BCUT2D eigenvalue weighted by Gasteiger charge is -2.21. The first-order chi connectivity index (χ1) is 13.6. The molecule has 1 aromatic carbocycles. The molecule has 6 nitrogen and oxygen atoms in total. The smallest absolute Gasteiger partial charge is 0.225 e. The monoisotopic (exact) mass is 386 g/mol. The third kappa shape index (κ3) is 5.18. The first-order valence-corrected chi connectivity index (χ1v) is 10.5. The number of hydrogen-bond donors (Lipinski definition) is 2. The number of aryl methyl sites for hydroxylation is 2. The second-order valence-corrected chi connectivity index (χ2v) is 7.96. The van der Waals surface area contributed by atoms with E-state index in [-0.39, 0.29) is 12.0 Å². The number of hydrogen-bond acceptors (Lipinski definition) is 3. The zero-order valence-electron chi connectivity index (χ0n) is 17.5. The Morgan fingerprint density at radius 1 is 1.21 bits per heavy atom. The van der Waals surface area contributed by atoms with Gasteiger partial charge in [-0.3, -0.25) is 9.79 Å². The number of benzene rings is 1. The summed E-state index contributed by atoms with van der Waals surface area (Å²) in [6.07, 6.45) is 5.51. The van der Waals surface area contributed by atoms with Crippen LogP contribution in [0.5, 0.6) is 5.75 Å². The normalized spacial score (nSPS) is 20.5. The van der Waals surface area contributed by atoms with Crippen LogP contribution in [0.4, 0.5) is 0 Å². The molecule has 1 unspecified atom stereocenters. The Kier molecular flexibility index (Phi) is 7.18. The van der Waals surface area contributed by atoms with Crippen molar-refractivity contribution in [1.29, 1.82) is 0 Å². The number of aliphatic imine (C=N–C) groups is 1. The van der Waals surface area contributed by atoms with Gasteiger partial charge in [0, 0.05) is 32.1 Å². The lowest BCUT2D eigenvalue weighted by atomic mass is 10.1. The van der Waals surface area contributed by atoms with Crippen LogP contribution in [0.1, 0.15) is 43.2 Å². The van der Waals surface area contributed by atoms with E-state index in [1.807, 2.05) is 11.0 Å². The quantitative estimate of drug-likeness (QED) is 0.448. The maximum absolute atomic E-state index is 12.6. The number of carbonyl (C=O) groups excluding carboxylic acids is 1. The van der Waals surface area contributed by atoms with Gasteiger partial charge < -0.3 is 20.3 Å². The fourth-order valence-corrected chi connectivity index (χ4v) is 4.25. The lowest BCUT2D eigenvalue weighted by Crippen LogP contribution is -2.46. The van der Waals surface area contributed by atoms with E-state index < -0.39 is 0 Å². The molecule has 2 N–H and O–H groups in total. The minimum Gasteiger partial charge on any atom is -0.491 e. The number of guanidine groups is 1. The van der Waals surface area contributed by atoms with Crippen LogP contribution in [-0.2, 0) is 4.79 Å². The van der Waals surface area contributed by atoms with E-state index in [0.29, 0.717) is 19.1 Å². The molecule has 0 spiro atoms. The lowest BCUT2D eigenvalue weighted by molar-refractivity contribution is -0.134. The first kappa shape index (κ1) is 20.5. The molecule has 1 heterocycles. The second-order valence-electron chi connectivity index (χ2n) is 7.96. The Morgan fingerprint density at radius 2 is 1.93 bits per heavy atom. The molecule has 1 atom stereocenters. The summed E-state index contributed by atoms with van der Waals surface area (Å²) < 4.78 is 5.94. The van der Waals surface area contributed by atoms with Gasteiger partial charge in [-0.1, -0.05) is 31.0 Å². The summed E-state index contributed by atoms with van der Waals surface area (Å²) >= 11 is 0. The number of likely N-dealkylation sites (tertiary alicyclic amines) is 1. The largest absolute Gasteiger partial charge is 0.491 e. The van der Waals surface area contributed by atoms with Crippen LogP contribution in [0.15, 0.2) is 23.2 Å². The highest BCUT2D eigenvalue weighted by molar-refractivity contribution is 5.81. The van der Waals surface area contributed by atoms with Gasteiger partial charge in [-0.2, -0.15) is 0 Å². The van der Waals surface area contributed by atoms with Crippen molar-refractivity contribution in [2.24, 2.45) is 10.9 Å². The maximum Gasteiger partial charge on any atom is 0.225 e. The van der Waals surface area contributed by atoms with Crippen molar-refractivity contribution >= 4 is 11.9 Å². The number of nitrogens with zero attached hydrogens (tertiary/aromatic N) is 2. The molecule has 1 saturated heterocycles. The molecular formula is C22H34N4O2. The minimum absolute atomic E-state index is 0.260. The van der Waals surface area contributed by atoms with Gasteiger partial charge in [-0.05, 0) is 44.2 Å². The van der Waals surface area contributed by atoms with Crippen LogP contribution in [0.2, 0.25) is 0 Å². The van der Waals surface area contributed by atoms with Crippen molar-refractivity contribution in [2.45, 2.75) is 52.0 Å². The highest BCUT2D eigenvalue weighted by atomic mass is 16.5. The number of para-hydroxylation sites is 1. The van der Waals surface area contributed by atoms with E-state index in [0.717, 1.165) is 55.2 Å². The van der Waals surface area contributed by atoms with Crippen molar-refractivity contribution in [3.8, 4) is 5.75 Å². The molecule has 2 aliphatic rings. The molecule has 1 aliphatic heterocycles. The van der Waals surface area contributed by atoms with E-state index in [2.05, 4.69) is 41.6 Å². The second kappa shape index (κ2) is 9.80. The molecule has 3 rings (SSSR count). The van der Waals surface area contributed by atoms with E-state index in [4.69, 9.17) is 4.74 Å². The average Bonchev–Trinajstić information content (AvgIpc) is 3.37. The Labute approximate surface area is 168 Å². The Hall–Kier alpha value is -2.24. The fraction of sp³-hybridized carbons (Fsp3) is 0.636. The summed E-state index contributed by atoms with van der Waals surface area (Å²) in [4.78, 5) is 18.9. The van der Waals surface area contributed by atoms with Gasteiger partial charge in [0.05, 0.1) is 6.54 Å². The van der Waals surface area contributed by atoms with Crippen LogP contribution in [0.3, 0.4) is 0 Å². The predicted octanol–water partition coefficient (Wildman–Crippen LogP) is 2.64. The molecule has 1 aliphatic carbocycles. The van der Waals surface area contributed by atoms with Crippen LogP contribution >= 0.6 is 0 Å². The van der Waals surface area contributed by atoms with Crippen molar-refractivity contribution in [3.05, 3.63) is 29.3 Å². The highest BCUT2D eigenvalue weighted by Gasteiger charge is 2.32. The van der Waals surface area contributed by atoms with Crippen molar-refractivity contribution in [2.75, 3.05) is 33.3 Å². The van der Waals surface area contributed by atoms with Crippen molar-refractivity contribution in [3.63, 3.8) is 0 Å². The van der Waals surface area contributed by atoms with Crippen molar-refractivity contribution in [1.82, 2.24) is 15.5 Å². The van der Waals surface area contributed by atoms with E-state index >= 15 is 0 Å². The highest BCUT2D eigenvalue weighted by Crippen LogP contribution is 2.27. The third-order valence-corrected chi connectivity index (χ3v) is 5.82. The summed E-state index contributed by atoms with van der Waals surface area (Å²) in [6, 6.07) is 6.43. The summed E-state index contributed by atoms with van der Waals surface area (Å²) in [5, 5.41) is 6.77. The molecule has 0 bridgehead atoms. The molecule has 6 heteroatoms. The first-order valence-electron chi connectivity index (χ1n) is 10.5. The number of amides is 1. The van der Waals surface area contributed by atoms with E-state index in [1.54, 1.807) is 7.05 Å². The standard InChI is InChI=1S/C22H34N4O2/c1-16-7-6-8-17(2)20(16)28-14-12-24-22(23-3)25-19-11-13-26(15-19)21(27)18-9-4-5-10-18/h6-8,18-19H,4-5,9-15H2,1-3H3,(H2,23,24,25). The Bertz CT molecular complexity index is 678. The van der Waals surface area contributed by atoms with Gasteiger partial charge in [0.15, 0.2) is 5.96 Å². The molecule has 28 heavy (non-hydrogen) atoms. The summed E-state index contributed by atoms with van der Waals surface area (Å²) in [5.74, 6) is 2.35. The number of rotatable bonds is 6. The van der Waals surface area contributed by atoms with Gasteiger partial charge in [-0.15, -0.1) is 0 Å². The maximum atomic E-state index is 12.6. The summed E-state index contributed by atoms with van der Waals surface area (Å²) in [7, 11) is 1.78. The molecule has 1 saturated carbocycles. The molecule has 2 fully saturated rings. The predicted molar refractivity (Wildman–Crippen MR) is 113 cm³/mol. The fourth-order valence-electron chi connectivity index (χ4n) is 4.25. The molecule has 0 radical (unpaired) electrons. The van der Waals surface area contributed by atoms with Gasteiger partial charge in [0.25, 0.3) is 0 Å². The molecule has 1 amide bonds.